The molecule has 1 atom stereocenters. The fourth-order valence-electron chi connectivity index (χ4n) is 3.37. The highest BCUT2D eigenvalue weighted by Gasteiger charge is 2.31. The number of ether oxygens (including phenoxy) is 2. The quantitative estimate of drug-likeness (QED) is 0.596. The minimum Gasteiger partial charge on any atom is -0.493 e. The lowest BCUT2D eigenvalue weighted by Crippen LogP contribution is -2.46. The van der Waals surface area contributed by atoms with Crippen molar-refractivity contribution in [3.8, 4) is 11.5 Å². The Morgan fingerprint density at radius 3 is 2.53 bits per heavy atom. The predicted molar refractivity (Wildman–Crippen MR) is 110 cm³/mol. The minimum absolute atomic E-state index is 0.154. The summed E-state index contributed by atoms with van der Waals surface area (Å²) in [7, 11) is 2.99. The van der Waals surface area contributed by atoms with Crippen LogP contribution in [0.25, 0.3) is 0 Å². The summed E-state index contributed by atoms with van der Waals surface area (Å²) in [6, 6.07) is 13.6. The van der Waals surface area contributed by atoms with Gasteiger partial charge < -0.3 is 14.8 Å². The van der Waals surface area contributed by atoms with Crippen LogP contribution in [0.1, 0.15) is 22.7 Å². The second kappa shape index (κ2) is 7.78. The van der Waals surface area contributed by atoms with Crippen molar-refractivity contribution >= 4 is 11.8 Å². The van der Waals surface area contributed by atoms with Crippen molar-refractivity contribution < 1.29 is 14.3 Å². The number of amides is 2. The Hall–Kier alpha value is -4.01. The fourth-order valence-corrected chi connectivity index (χ4v) is 3.37. The number of aromatic nitrogens is 2. The van der Waals surface area contributed by atoms with Gasteiger partial charge in [-0.3, -0.25) is 19.7 Å². The summed E-state index contributed by atoms with van der Waals surface area (Å²) in [4.78, 5) is 38.8. The van der Waals surface area contributed by atoms with Crippen LogP contribution in [0.3, 0.4) is 0 Å². The number of carbonyl (C=O) groups is 1. The van der Waals surface area contributed by atoms with E-state index in [4.69, 9.17) is 9.47 Å². The standard InChI is InChI=1S/C21H20N4O5/c1-25-18-16(19(26)24-21(25)28)17(22-20(27)23-18)13-8-9-14(15(10-13)29-2)30-11-12-6-4-3-5-7-12/h3-10,17H,11H2,1-2H3,(H2,22,23,27)(H,24,26,28)/t17-/m0/s1. The Balaban J connectivity index is 1.70. The zero-order valence-electron chi connectivity index (χ0n) is 16.4. The molecule has 0 unspecified atom stereocenters. The van der Waals surface area contributed by atoms with Gasteiger partial charge in [-0.15, -0.1) is 0 Å². The molecule has 0 fully saturated rings. The van der Waals surface area contributed by atoms with E-state index < -0.39 is 23.3 Å². The summed E-state index contributed by atoms with van der Waals surface area (Å²) in [6.07, 6.45) is 0. The van der Waals surface area contributed by atoms with Crippen molar-refractivity contribution in [1.29, 1.82) is 0 Å². The molecule has 1 aliphatic heterocycles. The van der Waals surface area contributed by atoms with Gasteiger partial charge in [-0.1, -0.05) is 36.4 Å². The first kappa shape index (κ1) is 19.3. The Morgan fingerprint density at radius 1 is 1.03 bits per heavy atom. The fraction of sp³-hybridized carbons (Fsp3) is 0.190. The zero-order chi connectivity index (χ0) is 21.3. The van der Waals surface area contributed by atoms with Crippen LogP contribution in [-0.2, 0) is 13.7 Å². The molecule has 0 bridgehead atoms. The number of hydrogen-bond donors (Lipinski definition) is 3. The molecule has 154 valence electrons. The SMILES string of the molecule is COc1cc([C@@H]2NC(=O)Nc3c2c(=O)[nH]c(=O)n3C)ccc1OCc1ccccc1. The number of urea groups is 1. The van der Waals surface area contributed by atoms with Crippen molar-refractivity contribution in [2.24, 2.45) is 7.05 Å². The van der Waals surface area contributed by atoms with Gasteiger partial charge >= 0.3 is 11.7 Å². The summed E-state index contributed by atoms with van der Waals surface area (Å²) >= 11 is 0. The molecule has 2 heterocycles. The molecule has 3 N–H and O–H groups in total. The molecule has 9 heteroatoms. The van der Waals surface area contributed by atoms with Gasteiger partial charge in [0, 0.05) is 7.05 Å². The number of aromatic amines is 1. The van der Waals surface area contributed by atoms with Crippen molar-refractivity contribution in [1.82, 2.24) is 14.9 Å². The van der Waals surface area contributed by atoms with Crippen LogP contribution in [0, 0.1) is 0 Å². The summed E-state index contributed by atoms with van der Waals surface area (Å²) in [6.45, 7) is 0.366. The normalized spacial score (nSPS) is 15.0. The van der Waals surface area contributed by atoms with E-state index in [1.165, 1.54) is 18.7 Å². The molecule has 1 aromatic heterocycles. The molecule has 0 spiro atoms. The maximum atomic E-state index is 12.5. The predicted octanol–water partition coefficient (Wildman–Crippen LogP) is 1.89. The maximum absolute atomic E-state index is 12.5. The highest BCUT2D eigenvalue weighted by Crippen LogP contribution is 2.34. The van der Waals surface area contributed by atoms with Gasteiger partial charge in [-0.05, 0) is 23.3 Å². The highest BCUT2D eigenvalue weighted by molar-refractivity contribution is 5.92. The van der Waals surface area contributed by atoms with E-state index in [-0.39, 0.29) is 11.4 Å². The van der Waals surface area contributed by atoms with E-state index in [1.807, 2.05) is 30.3 Å². The van der Waals surface area contributed by atoms with Gasteiger partial charge in [-0.2, -0.15) is 0 Å². The number of hydrogen-bond acceptors (Lipinski definition) is 5. The number of H-pyrrole nitrogens is 1. The summed E-state index contributed by atoms with van der Waals surface area (Å²) in [5.41, 5.74) is 0.669. The number of anilines is 1. The van der Waals surface area contributed by atoms with Gasteiger partial charge in [0.1, 0.15) is 12.4 Å². The van der Waals surface area contributed by atoms with Gasteiger partial charge in [0.2, 0.25) is 0 Å². The van der Waals surface area contributed by atoms with Gasteiger partial charge in [0.05, 0.1) is 18.7 Å². The highest BCUT2D eigenvalue weighted by atomic mass is 16.5. The number of benzene rings is 2. The molecule has 2 aromatic carbocycles. The number of nitrogens with one attached hydrogen (secondary N) is 3. The van der Waals surface area contributed by atoms with Crippen LogP contribution in [0.2, 0.25) is 0 Å². The van der Waals surface area contributed by atoms with Gasteiger partial charge in [0.15, 0.2) is 11.5 Å². The first-order valence-electron chi connectivity index (χ1n) is 9.23. The summed E-state index contributed by atoms with van der Waals surface area (Å²) < 4.78 is 12.5. The van der Waals surface area contributed by atoms with E-state index >= 15 is 0 Å². The van der Waals surface area contributed by atoms with Gasteiger partial charge in [-0.25, -0.2) is 9.59 Å². The molecular weight excluding hydrogens is 388 g/mol. The van der Waals surface area contributed by atoms with Crippen molar-refractivity contribution in [2.75, 3.05) is 12.4 Å². The second-order valence-electron chi connectivity index (χ2n) is 6.80. The van der Waals surface area contributed by atoms with Crippen LogP contribution < -0.4 is 31.4 Å². The molecule has 2 amide bonds. The smallest absolute Gasteiger partial charge is 0.329 e. The summed E-state index contributed by atoms with van der Waals surface area (Å²) in [5, 5.41) is 5.25. The lowest BCUT2D eigenvalue weighted by molar-refractivity contribution is 0.248. The number of methoxy groups -OCH3 is 1. The van der Waals surface area contributed by atoms with E-state index in [0.29, 0.717) is 23.7 Å². The Bertz CT molecular complexity index is 1220. The first-order valence-corrected chi connectivity index (χ1v) is 9.23. The lowest BCUT2D eigenvalue weighted by Gasteiger charge is -2.28. The molecule has 3 aromatic rings. The largest absolute Gasteiger partial charge is 0.493 e. The maximum Gasteiger partial charge on any atom is 0.329 e. The Kier molecular flexibility index (Phi) is 5.01. The number of carbonyl (C=O) groups excluding carboxylic acids is 1. The van der Waals surface area contributed by atoms with Crippen molar-refractivity contribution in [3.05, 3.63) is 86.1 Å². The second-order valence-corrected chi connectivity index (χ2v) is 6.80. The lowest BCUT2D eigenvalue weighted by atomic mass is 9.98. The molecule has 0 radical (unpaired) electrons. The molecule has 0 aliphatic carbocycles. The molecule has 4 rings (SSSR count). The van der Waals surface area contributed by atoms with Crippen LogP contribution in [0.15, 0.2) is 58.1 Å². The minimum atomic E-state index is -0.763. The van der Waals surface area contributed by atoms with Crippen molar-refractivity contribution in [2.45, 2.75) is 12.6 Å². The Morgan fingerprint density at radius 2 is 1.80 bits per heavy atom. The Labute approximate surface area is 171 Å². The zero-order valence-corrected chi connectivity index (χ0v) is 16.4. The van der Waals surface area contributed by atoms with Crippen LogP contribution in [0.4, 0.5) is 10.6 Å². The molecule has 0 saturated heterocycles. The first-order chi connectivity index (χ1) is 14.5. The molecule has 30 heavy (non-hydrogen) atoms. The van der Waals surface area contributed by atoms with E-state index in [1.54, 1.807) is 18.2 Å². The molecular formula is C21H20N4O5. The summed E-state index contributed by atoms with van der Waals surface area (Å²) in [5.74, 6) is 1.14. The number of fused-ring (bicyclic) bond motifs is 1. The van der Waals surface area contributed by atoms with E-state index in [0.717, 1.165) is 5.56 Å². The van der Waals surface area contributed by atoms with Crippen LogP contribution >= 0.6 is 0 Å². The van der Waals surface area contributed by atoms with Crippen molar-refractivity contribution in [3.63, 3.8) is 0 Å². The average Bonchev–Trinajstić information content (AvgIpc) is 2.76. The van der Waals surface area contributed by atoms with Crippen LogP contribution in [0.5, 0.6) is 11.5 Å². The third-order valence-electron chi connectivity index (χ3n) is 4.91. The topological polar surface area (TPSA) is 114 Å². The molecule has 1 aliphatic rings. The molecule has 9 nitrogen and oxygen atoms in total. The molecule has 0 saturated carbocycles. The van der Waals surface area contributed by atoms with Crippen LogP contribution in [-0.4, -0.2) is 22.7 Å². The average molecular weight is 408 g/mol. The van der Waals surface area contributed by atoms with E-state index in [2.05, 4.69) is 15.6 Å². The third kappa shape index (κ3) is 3.52. The number of nitrogens with zero attached hydrogens (tertiary/aromatic N) is 1. The monoisotopic (exact) mass is 408 g/mol. The number of rotatable bonds is 5. The third-order valence-corrected chi connectivity index (χ3v) is 4.91. The van der Waals surface area contributed by atoms with E-state index in [9.17, 15) is 14.4 Å². The van der Waals surface area contributed by atoms with Gasteiger partial charge in [0.25, 0.3) is 5.56 Å².